The summed E-state index contributed by atoms with van der Waals surface area (Å²) < 4.78 is 4.87. The van der Waals surface area contributed by atoms with Gasteiger partial charge in [0.1, 0.15) is 0 Å². The molecule has 0 atom stereocenters. The Morgan fingerprint density at radius 3 is 2.09 bits per heavy atom. The molecule has 0 aliphatic carbocycles. The quantitative estimate of drug-likeness (QED) is 0.663. The van der Waals surface area contributed by atoms with Crippen LogP contribution in [0.15, 0.2) is 42.5 Å². The third-order valence-corrected chi connectivity index (χ3v) is 5.84. The summed E-state index contributed by atoms with van der Waals surface area (Å²) in [4.78, 5) is 29.7. The van der Waals surface area contributed by atoms with E-state index in [0.717, 1.165) is 38.4 Å². The second kappa shape index (κ2) is 10.8. The molecular formula is C25H34ClN3O3. The molecule has 1 saturated heterocycles. The number of rotatable bonds is 5. The third kappa shape index (κ3) is 6.02. The number of benzene rings is 2. The Morgan fingerprint density at radius 1 is 0.969 bits per heavy atom. The molecule has 2 aromatic rings. The van der Waals surface area contributed by atoms with Gasteiger partial charge in [0.15, 0.2) is 0 Å². The molecule has 6 nitrogen and oxygen atoms in total. The first-order valence-corrected chi connectivity index (χ1v) is 10.8. The van der Waals surface area contributed by atoms with E-state index in [2.05, 4.69) is 42.8 Å². The summed E-state index contributed by atoms with van der Waals surface area (Å²) in [6.07, 6.45) is 0. The number of nitrogens with one attached hydrogen (secondary N) is 1. The summed E-state index contributed by atoms with van der Waals surface area (Å²) in [5.74, 6) is -0.622. The molecule has 1 N–H and O–H groups in total. The second-order valence-corrected chi connectivity index (χ2v) is 8.93. The van der Waals surface area contributed by atoms with Gasteiger partial charge in [0.2, 0.25) is 0 Å². The van der Waals surface area contributed by atoms with Crippen LogP contribution in [0.1, 0.15) is 54.0 Å². The first-order valence-electron chi connectivity index (χ1n) is 10.8. The minimum absolute atomic E-state index is 0. The Kier molecular flexibility index (Phi) is 8.70. The van der Waals surface area contributed by atoms with E-state index in [9.17, 15) is 9.59 Å². The van der Waals surface area contributed by atoms with Crippen molar-refractivity contribution in [2.45, 2.75) is 33.1 Å². The van der Waals surface area contributed by atoms with Gasteiger partial charge in [0, 0.05) is 31.7 Å². The Labute approximate surface area is 197 Å². The van der Waals surface area contributed by atoms with Crippen LogP contribution in [-0.4, -0.2) is 56.6 Å². The molecule has 1 amide bonds. The van der Waals surface area contributed by atoms with Gasteiger partial charge in [-0.2, -0.15) is 0 Å². The molecule has 1 aliphatic heterocycles. The normalized spacial score (nSPS) is 14.5. The number of amides is 1. The molecule has 2 aromatic carbocycles. The number of likely N-dealkylation sites (N-methyl/N-ethyl adjacent to an activating group) is 1. The van der Waals surface area contributed by atoms with Crippen molar-refractivity contribution in [1.29, 1.82) is 0 Å². The Morgan fingerprint density at radius 2 is 1.56 bits per heavy atom. The van der Waals surface area contributed by atoms with E-state index in [-0.39, 0.29) is 23.7 Å². The highest BCUT2D eigenvalue weighted by Gasteiger charge is 2.21. The molecule has 0 unspecified atom stereocenters. The van der Waals surface area contributed by atoms with Crippen LogP contribution in [0.4, 0.5) is 11.4 Å². The van der Waals surface area contributed by atoms with Crippen LogP contribution >= 0.6 is 12.4 Å². The van der Waals surface area contributed by atoms with Crippen molar-refractivity contribution in [3.63, 3.8) is 0 Å². The Balaban J connectivity index is 0.00000363. The van der Waals surface area contributed by atoms with Crippen molar-refractivity contribution in [3.05, 3.63) is 59.2 Å². The minimum Gasteiger partial charge on any atom is -0.465 e. The van der Waals surface area contributed by atoms with Gasteiger partial charge in [-0.05, 0) is 47.9 Å². The lowest BCUT2D eigenvalue weighted by atomic mass is 9.87. The predicted molar refractivity (Wildman–Crippen MR) is 132 cm³/mol. The van der Waals surface area contributed by atoms with Gasteiger partial charge in [-0.3, -0.25) is 4.79 Å². The summed E-state index contributed by atoms with van der Waals surface area (Å²) in [6, 6.07) is 13.0. The first-order chi connectivity index (χ1) is 14.7. The fraction of sp³-hybridized carbons (Fsp3) is 0.440. The predicted octanol–water partition coefficient (Wildman–Crippen LogP) is 4.59. The summed E-state index contributed by atoms with van der Waals surface area (Å²) in [6.45, 7) is 13.3. The number of esters is 1. The number of piperazine rings is 1. The fourth-order valence-corrected chi connectivity index (χ4v) is 3.78. The maximum atomic E-state index is 13.0. The SMILES string of the molecule is CCN1CCN(c2ccc(C(=O)OC)cc2NC(=O)c2ccc(C(C)(C)C)cc2)CC1.Cl. The zero-order chi connectivity index (χ0) is 22.6. The molecule has 0 spiro atoms. The second-order valence-electron chi connectivity index (χ2n) is 8.93. The van der Waals surface area contributed by atoms with Gasteiger partial charge in [-0.15, -0.1) is 12.4 Å². The van der Waals surface area contributed by atoms with E-state index in [1.54, 1.807) is 12.1 Å². The van der Waals surface area contributed by atoms with Crippen LogP contribution in [0.3, 0.4) is 0 Å². The number of carbonyl (C=O) groups excluding carboxylic acids is 2. The number of nitrogens with zero attached hydrogens (tertiary/aromatic N) is 2. The minimum atomic E-state index is -0.424. The molecule has 1 heterocycles. The van der Waals surface area contributed by atoms with Gasteiger partial charge in [0.25, 0.3) is 5.91 Å². The summed E-state index contributed by atoms with van der Waals surface area (Å²) in [5, 5.41) is 3.02. The average molecular weight is 460 g/mol. The zero-order valence-corrected chi connectivity index (χ0v) is 20.4. The monoisotopic (exact) mass is 459 g/mol. The Bertz CT molecular complexity index is 930. The smallest absolute Gasteiger partial charge is 0.337 e. The molecule has 7 heteroatoms. The fourth-order valence-electron chi connectivity index (χ4n) is 3.78. The van der Waals surface area contributed by atoms with E-state index in [1.165, 1.54) is 12.7 Å². The first kappa shape index (κ1) is 25.7. The summed E-state index contributed by atoms with van der Waals surface area (Å²) in [7, 11) is 1.36. The average Bonchev–Trinajstić information content (AvgIpc) is 2.78. The number of carbonyl (C=O) groups is 2. The topological polar surface area (TPSA) is 61.9 Å². The van der Waals surface area contributed by atoms with E-state index in [0.29, 0.717) is 16.8 Å². The van der Waals surface area contributed by atoms with Gasteiger partial charge in [0.05, 0.1) is 24.0 Å². The maximum Gasteiger partial charge on any atom is 0.337 e. The molecule has 174 valence electrons. The van der Waals surface area contributed by atoms with Gasteiger partial charge >= 0.3 is 5.97 Å². The maximum absolute atomic E-state index is 13.0. The van der Waals surface area contributed by atoms with Gasteiger partial charge < -0.3 is 19.9 Å². The van der Waals surface area contributed by atoms with E-state index in [1.807, 2.05) is 30.3 Å². The highest BCUT2D eigenvalue weighted by atomic mass is 35.5. The molecular weight excluding hydrogens is 426 g/mol. The molecule has 32 heavy (non-hydrogen) atoms. The number of halogens is 1. The number of hydrogen-bond acceptors (Lipinski definition) is 5. The van der Waals surface area contributed by atoms with Crippen molar-refractivity contribution >= 4 is 35.7 Å². The summed E-state index contributed by atoms with van der Waals surface area (Å²) in [5.41, 5.74) is 3.74. The molecule has 1 aliphatic rings. The lowest BCUT2D eigenvalue weighted by Gasteiger charge is -2.36. The van der Waals surface area contributed by atoms with E-state index in [4.69, 9.17) is 4.74 Å². The van der Waals surface area contributed by atoms with Crippen LogP contribution in [0.5, 0.6) is 0 Å². The van der Waals surface area contributed by atoms with Gasteiger partial charge in [-0.25, -0.2) is 4.79 Å². The van der Waals surface area contributed by atoms with Crippen LogP contribution in [0.2, 0.25) is 0 Å². The molecule has 0 saturated carbocycles. The van der Waals surface area contributed by atoms with Crippen molar-refractivity contribution in [3.8, 4) is 0 Å². The molecule has 3 rings (SSSR count). The zero-order valence-electron chi connectivity index (χ0n) is 19.6. The highest BCUT2D eigenvalue weighted by molar-refractivity contribution is 6.07. The van der Waals surface area contributed by atoms with Crippen LogP contribution in [0, 0.1) is 0 Å². The third-order valence-electron chi connectivity index (χ3n) is 5.84. The lowest BCUT2D eigenvalue weighted by Crippen LogP contribution is -2.46. The van der Waals surface area contributed by atoms with Crippen molar-refractivity contribution < 1.29 is 14.3 Å². The van der Waals surface area contributed by atoms with Crippen molar-refractivity contribution in [2.75, 3.05) is 50.1 Å². The Hall–Kier alpha value is -2.57. The van der Waals surface area contributed by atoms with Crippen LogP contribution in [-0.2, 0) is 10.2 Å². The molecule has 0 bridgehead atoms. The van der Waals surface area contributed by atoms with Crippen molar-refractivity contribution in [2.24, 2.45) is 0 Å². The van der Waals surface area contributed by atoms with Gasteiger partial charge in [-0.1, -0.05) is 39.8 Å². The van der Waals surface area contributed by atoms with Crippen molar-refractivity contribution in [1.82, 2.24) is 4.90 Å². The number of ether oxygens (including phenoxy) is 1. The number of anilines is 2. The highest BCUT2D eigenvalue weighted by Crippen LogP contribution is 2.29. The lowest BCUT2D eigenvalue weighted by molar-refractivity contribution is 0.0600. The van der Waals surface area contributed by atoms with Crippen LogP contribution < -0.4 is 10.2 Å². The number of hydrogen-bond donors (Lipinski definition) is 1. The van der Waals surface area contributed by atoms with E-state index >= 15 is 0 Å². The molecule has 0 radical (unpaired) electrons. The standard InChI is InChI=1S/C25H33N3O3.ClH/c1-6-27-13-15-28(16-14-27)22-12-9-19(24(30)31-5)17-21(22)26-23(29)18-7-10-20(11-8-18)25(2,3)4;/h7-12,17H,6,13-16H2,1-5H3,(H,26,29);1H. The molecule has 0 aromatic heterocycles. The van der Waals surface area contributed by atoms with E-state index < -0.39 is 5.97 Å². The number of methoxy groups -OCH3 is 1. The summed E-state index contributed by atoms with van der Waals surface area (Å²) >= 11 is 0. The van der Waals surface area contributed by atoms with Crippen LogP contribution in [0.25, 0.3) is 0 Å². The molecule has 1 fully saturated rings. The largest absolute Gasteiger partial charge is 0.465 e.